The van der Waals surface area contributed by atoms with E-state index in [1.807, 2.05) is 0 Å². The van der Waals surface area contributed by atoms with E-state index in [0.29, 0.717) is 11.6 Å². The Morgan fingerprint density at radius 1 is 1.29 bits per heavy atom. The summed E-state index contributed by atoms with van der Waals surface area (Å²) in [6, 6.07) is 5.94. The van der Waals surface area contributed by atoms with Gasteiger partial charge in [0.2, 0.25) is 15.8 Å². The Bertz CT molecular complexity index is 763. The average molecular weight is 309 g/mol. The summed E-state index contributed by atoms with van der Waals surface area (Å²) in [5.41, 5.74) is 1.26. The quantitative estimate of drug-likeness (QED) is 0.869. The van der Waals surface area contributed by atoms with E-state index < -0.39 is 10.0 Å². The highest BCUT2D eigenvalue weighted by Gasteiger charge is 2.15. The molecule has 0 aliphatic rings. The van der Waals surface area contributed by atoms with Gasteiger partial charge in [-0.25, -0.2) is 18.5 Å². The molecule has 2 rings (SSSR count). The van der Waals surface area contributed by atoms with Crippen LogP contribution in [0.25, 0.3) is 0 Å². The van der Waals surface area contributed by atoms with Gasteiger partial charge in [0.15, 0.2) is 5.89 Å². The summed E-state index contributed by atoms with van der Waals surface area (Å²) in [6.45, 7) is 3.59. The number of nitrogens with two attached hydrogens (primary N) is 1. The van der Waals surface area contributed by atoms with E-state index in [1.165, 1.54) is 12.1 Å². The highest BCUT2D eigenvalue weighted by Crippen LogP contribution is 2.11. The van der Waals surface area contributed by atoms with Gasteiger partial charge in [0.25, 0.3) is 5.91 Å². The normalized spacial score (nSPS) is 11.4. The van der Waals surface area contributed by atoms with Gasteiger partial charge < -0.3 is 9.73 Å². The third kappa shape index (κ3) is 3.67. The lowest BCUT2D eigenvalue weighted by Gasteiger charge is -2.05. The van der Waals surface area contributed by atoms with Gasteiger partial charge in [-0.1, -0.05) is 12.1 Å². The van der Waals surface area contributed by atoms with Crippen LogP contribution in [-0.2, 0) is 16.6 Å². The molecule has 0 aliphatic carbocycles. The molecular formula is C13H15N3O4S. The monoisotopic (exact) mass is 309 g/mol. The Morgan fingerprint density at radius 2 is 1.90 bits per heavy atom. The van der Waals surface area contributed by atoms with Crippen LogP contribution in [0.4, 0.5) is 0 Å². The second kappa shape index (κ2) is 5.66. The second-order valence-corrected chi connectivity index (χ2v) is 6.08. The van der Waals surface area contributed by atoms with Crippen molar-refractivity contribution in [3.63, 3.8) is 0 Å². The van der Waals surface area contributed by atoms with Crippen LogP contribution in [0.2, 0.25) is 0 Å². The van der Waals surface area contributed by atoms with Crippen LogP contribution in [0.15, 0.2) is 33.6 Å². The number of aromatic nitrogens is 1. The number of aryl methyl sites for hydroxylation is 2. The molecule has 1 amide bonds. The van der Waals surface area contributed by atoms with Crippen molar-refractivity contribution in [2.45, 2.75) is 25.3 Å². The molecule has 0 unspecified atom stereocenters. The van der Waals surface area contributed by atoms with E-state index in [9.17, 15) is 13.2 Å². The molecule has 21 heavy (non-hydrogen) atoms. The first-order valence-corrected chi connectivity index (χ1v) is 7.66. The minimum absolute atomic E-state index is 0.0271. The van der Waals surface area contributed by atoms with Crippen LogP contribution < -0.4 is 10.5 Å². The number of hydrogen-bond donors (Lipinski definition) is 2. The van der Waals surface area contributed by atoms with Gasteiger partial charge >= 0.3 is 0 Å². The summed E-state index contributed by atoms with van der Waals surface area (Å²) < 4.78 is 27.5. The zero-order chi connectivity index (χ0) is 15.6. The van der Waals surface area contributed by atoms with Crippen LogP contribution in [0.5, 0.6) is 0 Å². The molecule has 0 saturated carbocycles. The first-order chi connectivity index (χ1) is 9.77. The maximum atomic E-state index is 11.9. The molecule has 112 valence electrons. The Morgan fingerprint density at radius 3 is 2.38 bits per heavy atom. The smallest absolute Gasteiger partial charge is 0.289 e. The number of nitrogens with one attached hydrogen (secondary N) is 1. The number of benzene rings is 1. The second-order valence-electron chi connectivity index (χ2n) is 4.52. The molecule has 7 nitrogen and oxygen atoms in total. The zero-order valence-electron chi connectivity index (χ0n) is 11.6. The molecule has 3 N–H and O–H groups in total. The Hall–Kier alpha value is -2.19. The SMILES string of the molecule is Cc1nc(C)c(C(=O)NCc2ccc(S(N)(=O)=O)cc2)o1. The topological polar surface area (TPSA) is 115 Å². The fourth-order valence-corrected chi connectivity index (χ4v) is 2.32. The van der Waals surface area contributed by atoms with E-state index in [2.05, 4.69) is 10.3 Å². The van der Waals surface area contributed by atoms with E-state index in [-0.39, 0.29) is 23.1 Å². The first kappa shape index (κ1) is 15.2. The fraction of sp³-hybridized carbons (Fsp3) is 0.231. The maximum Gasteiger partial charge on any atom is 0.289 e. The Balaban J connectivity index is 2.03. The lowest BCUT2D eigenvalue weighted by molar-refractivity contribution is 0.0921. The van der Waals surface area contributed by atoms with Gasteiger partial charge in [-0.05, 0) is 24.6 Å². The van der Waals surface area contributed by atoms with Gasteiger partial charge in [0, 0.05) is 13.5 Å². The minimum Gasteiger partial charge on any atom is -0.436 e. The van der Waals surface area contributed by atoms with Gasteiger partial charge in [-0.15, -0.1) is 0 Å². The predicted octanol–water partition coefficient (Wildman–Crippen LogP) is 0.869. The number of rotatable bonds is 4. The molecule has 1 aromatic heterocycles. The van der Waals surface area contributed by atoms with Crippen molar-refractivity contribution in [2.75, 3.05) is 0 Å². The minimum atomic E-state index is -3.71. The number of sulfonamides is 1. The van der Waals surface area contributed by atoms with Gasteiger partial charge in [0.1, 0.15) is 0 Å². The van der Waals surface area contributed by atoms with Crippen molar-refractivity contribution in [1.29, 1.82) is 0 Å². The predicted molar refractivity (Wildman–Crippen MR) is 75.0 cm³/mol. The van der Waals surface area contributed by atoms with Crippen LogP contribution in [0.1, 0.15) is 27.7 Å². The standard InChI is InChI=1S/C13H15N3O4S/c1-8-12(20-9(2)16-8)13(17)15-7-10-3-5-11(6-4-10)21(14,18)19/h3-6H,7H2,1-2H3,(H,15,17)(H2,14,18,19). The molecule has 0 saturated heterocycles. The highest BCUT2D eigenvalue weighted by atomic mass is 32.2. The van der Waals surface area contributed by atoms with Gasteiger partial charge in [-0.2, -0.15) is 0 Å². The lowest BCUT2D eigenvalue weighted by Crippen LogP contribution is -2.23. The van der Waals surface area contributed by atoms with Gasteiger partial charge in [-0.3, -0.25) is 4.79 Å². The fourth-order valence-electron chi connectivity index (χ4n) is 1.80. The number of hydrogen-bond acceptors (Lipinski definition) is 5. The molecule has 0 fully saturated rings. The van der Waals surface area contributed by atoms with Crippen LogP contribution in [0.3, 0.4) is 0 Å². The largest absolute Gasteiger partial charge is 0.436 e. The Labute approximate surface area is 122 Å². The lowest BCUT2D eigenvalue weighted by atomic mass is 10.2. The van der Waals surface area contributed by atoms with Crippen molar-refractivity contribution in [3.05, 3.63) is 47.2 Å². The molecule has 8 heteroatoms. The number of amides is 1. The van der Waals surface area contributed by atoms with Crippen molar-refractivity contribution >= 4 is 15.9 Å². The Kier molecular flexibility index (Phi) is 4.10. The number of carbonyl (C=O) groups is 1. The summed E-state index contributed by atoms with van der Waals surface area (Å²) in [5.74, 6) is 0.229. The van der Waals surface area contributed by atoms with Crippen LogP contribution in [-0.4, -0.2) is 19.3 Å². The van der Waals surface area contributed by atoms with E-state index in [1.54, 1.807) is 26.0 Å². The van der Waals surface area contributed by atoms with Crippen molar-refractivity contribution in [2.24, 2.45) is 5.14 Å². The van der Waals surface area contributed by atoms with Crippen molar-refractivity contribution < 1.29 is 17.6 Å². The molecule has 0 radical (unpaired) electrons. The first-order valence-electron chi connectivity index (χ1n) is 6.11. The summed E-state index contributed by atoms with van der Waals surface area (Å²) in [6.07, 6.45) is 0. The van der Waals surface area contributed by atoms with E-state index in [4.69, 9.17) is 9.56 Å². The summed E-state index contributed by atoms with van der Waals surface area (Å²) in [5, 5.41) is 7.68. The van der Waals surface area contributed by atoms with Crippen LogP contribution in [0, 0.1) is 13.8 Å². The zero-order valence-corrected chi connectivity index (χ0v) is 12.4. The molecule has 1 aromatic carbocycles. The van der Waals surface area contributed by atoms with E-state index in [0.717, 1.165) is 5.56 Å². The molecule has 0 bridgehead atoms. The average Bonchev–Trinajstić information content (AvgIpc) is 2.74. The molecule has 0 atom stereocenters. The summed E-state index contributed by atoms with van der Waals surface area (Å²) in [4.78, 5) is 16.0. The third-order valence-corrected chi connectivity index (χ3v) is 3.74. The molecule has 2 aromatic rings. The highest BCUT2D eigenvalue weighted by molar-refractivity contribution is 7.89. The van der Waals surface area contributed by atoms with Gasteiger partial charge in [0.05, 0.1) is 10.6 Å². The van der Waals surface area contributed by atoms with E-state index >= 15 is 0 Å². The number of carbonyl (C=O) groups excluding carboxylic acids is 1. The summed E-state index contributed by atoms with van der Waals surface area (Å²) >= 11 is 0. The molecule has 1 heterocycles. The molecule has 0 spiro atoms. The maximum absolute atomic E-state index is 11.9. The van der Waals surface area contributed by atoms with Crippen molar-refractivity contribution in [3.8, 4) is 0 Å². The number of nitrogens with zero attached hydrogens (tertiary/aromatic N) is 1. The summed E-state index contributed by atoms with van der Waals surface area (Å²) in [7, 11) is -3.71. The third-order valence-electron chi connectivity index (χ3n) is 2.81. The number of oxazole rings is 1. The number of primary sulfonamides is 1. The molecular weight excluding hydrogens is 294 g/mol. The van der Waals surface area contributed by atoms with Crippen LogP contribution >= 0.6 is 0 Å². The van der Waals surface area contributed by atoms with Crippen molar-refractivity contribution in [1.82, 2.24) is 10.3 Å². The molecule has 0 aliphatic heterocycles.